The predicted octanol–water partition coefficient (Wildman–Crippen LogP) is 0.677. The van der Waals surface area contributed by atoms with Crippen LogP contribution in [0, 0.1) is 11.7 Å². The summed E-state index contributed by atoms with van der Waals surface area (Å²) in [6.07, 6.45) is -0.235. The zero-order chi connectivity index (χ0) is 11.5. The molecule has 0 radical (unpaired) electrons. The first kappa shape index (κ1) is 12.1. The Kier molecular flexibility index (Phi) is 3.79. The molecule has 0 aliphatic heterocycles. The molecule has 0 saturated carbocycles. The summed E-state index contributed by atoms with van der Waals surface area (Å²) in [6, 6.07) is 5.90. The topological polar surface area (TPSA) is 60.7 Å². The third-order valence-corrected chi connectivity index (χ3v) is 2.47. The molecule has 0 fully saturated rings. The molecule has 0 aromatic heterocycles. The van der Waals surface area contributed by atoms with Crippen molar-refractivity contribution < 1.29 is 19.7 Å². The number of aliphatic hydroxyl groups excluding tert-OH is 1. The van der Waals surface area contributed by atoms with E-state index >= 15 is 0 Å². The van der Waals surface area contributed by atoms with E-state index in [9.17, 15) is 14.6 Å². The molecule has 0 aliphatic rings. The van der Waals surface area contributed by atoms with Crippen molar-refractivity contribution in [3.8, 4) is 0 Å². The van der Waals surface area contributed by atoms with E-state index in [1.54, 1.807) is 6.07 Å². The molecule has 0 heterocycles. The van der Waals surface area contributed by atoms with Gasteiger partial charge in [0.15, 0.2) is 5.79 Å². The van der Waals surface area contributed by atoms with Crippen LogP contribution in [0.1, 0.15) is 12.5 Å². The van der Waals surface area contributed by atoms with E-state index in [1.165, 1.54) is 25.1 Å². The number of rotatable bonds is 4. The van der Waals surface area contributed by atoms with Gasteiger partial charge in [0.2, 0.25) is 0 Å². The van der Waals surface area contributed by atoms with Gasteiger partial charge in [-0.1, -0.05) is 25.1 Å². The lowest BCUT2D eigenvalue weighted by atomic mass is 9.94. The molecule has 1 atom stereocenters. The number of aliphatic hydroxyl groups is 3. The van der Waals surface area contributed by atoms with E-state index in [0.29, 0.717) is 0 Å². The van der Waals surface area contributed by atoms with Gasteiger partial charge in [-0.3, -0.25) is 0 Å². The Morgan fingerprint density at radius 2 is 1.93 bits per heavy atom. The van der Waals surface area contributed by atoms with Gasteiger partial charge in [-0.25, -0.2) is 4.39 Å². The molecule has 84 valence electrons. The normalized spacial score (nSPS) is 13.9. The molecule has 0 saturated heterocycles. The summed E-state index contributed by atoms with van der Waals surface area (Å²) >= 11 is 0. The molecular formula is C11H15FO3. The fourth-order valence-electron chi connectivity index (χ4n) is 1.24. The third-order valence-electron chi connectivity index (χ3n) is 2.47. The van der Waals surface area contributed by atoms with E-state index in [2.05, 4.69) is 0 Å². The quantitative estimate of drug-likeness (QED) is 0.646. The minimum atomic E-state index is -2.09. The van der Waals surface area contributed by atoms with Crippen molar-refractivity contribution in [2.45, 2.75) is 19.1 Å². The Bertz CT molecular complexity index is 325. The molecule has 3 nitrogen and oxygen atoms in total. The van der Waals surface area contributed by atoms with E-state index in [1.807, 2.05) is 0 Å². The number of hydrogen-bond donors (Lipinski definition) is 3. The van der Waals surface area contributed by atoms with Gasteiger partial charge in [-0.05, 0) is 11.6 Å². The van der Waals surface area contributed by atoms with Gasteiger partial charge in [0.05, 0.1) is 6.61 Å². The van der Waals surface area contributed by atoms with E-state index < -0.39 is 17.5 Å². The van der Waals surface area contributed by atoms with Crippen LogP contribution in [-0.2, 0) is 6.42 Å². The lowest BCUT2D eigenvalue weighted by molar-refractivity contribution is -0.202. The first-order chi connectivity index (χ1) is 6.97. The zero-order valence-electron chi connectivity index (χ0n) is 8.52. The van der Waals surface area contributed by atoms with Crippen LogP contribution in [0.2, 0.25) is 0 Å². The maximum atomic E-state index is 13.2. The van der Waals surface area contributed by atoms with Crippen LogP contribution in [0.25, 0.3) is 0 Å². The SMILES string of the molecule is CC(CO)C(O)(O)Cc1ccccc1F. The van der Waals surface area contributed by atoms with Gasteiger partial charge < -0.3 is 15.3 Å². The Hall–Kier alpha value is -0.970. The van der Waals surface area contributed by atoms with Crippen molar-refractivity contribution in [3.05, 3.63) is 35.6 Å². The van der Waals surface area contributed by atoms with Crippen molar-refractivity contribution in [1.29, 1.82) is 0 Å². The first-order valence-corrected chi connectivity index (χ1v) is 4.76. The minimum absolute atomic E-state index is 0.225. The Balaban J connectivity index is 2.81. The summed E-state index contributed by atoms with van der Waals surface area (Å²) in [4.78, 5) is 0. The summed E-state index contributed by atoms with van der Waals surface area (Å²) in [7, 11) is 0. The Morgan fingerprint density at radius 1 is 1.33 bits per heavy atom. The van der Waals surface area contributed by atoms with Crippen molar-refractivity contribution in [2.75, 3.05) is 6.61 Å². The average Bonchev–Trinajstić information content (AvgIpc) is 2.20. The summed E-state index contributed by atoms with van der Waals surface area (Å²) in [5.41, 5.74) is 0.225. The molecule has 0 bridgehead atoms. The highest BCUT2D eigenvalue weighted by Crippen LogP contribution is 2.20. The Morgan fingerprint density at radius 3 is 2.47 bits per heavy atom. The van der Waals surface area contributed by atoms with E-state index in [0.717, 1.165) is 0 Å². The summed E-state index contributed by atoms with van der Waals surface area (Å²) in [6.45, 7) is 1.13. The standard InChI is InChI=1S/C11H15FO3/c1-8(7-13)11(14,15)6-9-4-2-3-5-10(9)12/h2-5,8,13-15H,6-7H2,1H3. The van der Waals surface area contributed by atoms with Crippen molar-refractivity contribution in [3.63, 3.8) is 0 Å². The van der Waals surface area contributed by atoms with Crippen LogP contribution < -0.4 is 0 Å². The molecule has 1 aromatic rings. The molecule has 15 heavy (non-hydrogen) atoms. The van der Waals surface area contributed by atoms with Crippen LogP contribution in [0.5, 0.6) is 0 Å². The van der Waals surface area contributed by atoms with Gasteiger partial charge in [-0.15, -0.1) is 0 Å². The smallest absolute Gasteiger partial charge is 0.171 e. The second-order valence-corrected chi connectivity index (χ2v) is 3.73. The van der Waals surface area contributed by atoms with Gasteiger partial charge in [0, 0.05) is 12.3 Å². The molecule has 1 unspecified atom stereocenters. The lowest BCUT2D eigenvalue weighted by Crippen LogP contribution is -2.40. The van der Waals surface area contributed by atoms with Crippen LogP contribution in [-0.4, -0.2) is 27.7 Å². The zero-order valence-corrected chi connectivity index (χ0v) is 8.52. The monoisotopic (exact) mass is 214 g/mol. The van der Waals surface area contributed by atoms with Gasteiger partial charge in [0.25, 0.3) is 0 Å². The van der Waals surface area contributed by atoms with Crippen molar-refractivity contribution in [2.24, 2.45) is 5.92 Å². The summed E-state index contributed by atoms with van der Waals surface area (Å²) in [5.74, 6) is -3.29. The molecule has 3 N–H and O–H groups in total. The largest absolute Gasteiger partial charge is 0.396 e. The maximum absolute atomic E-state index is 13.2. The minimum Gasteiger partial charge on any atom is -0.396 e. The average molecular weight is 214 g/mol. The second kappa shape index (κ2) is 4.70. The van der Waals surface area contributed by atoms with Crippen LogP contribution >= 0.6 is 0 Å². The number of halogens is 1. The number of benzene rings is 1. The highest BCUT2D eigenvalue weighted by Gasteiger charge is 2.31. The third kappa shape index (κ3) is 2.99. The van der Waals surface area contributed by atoms with Crippen molar-refractivity contribution in [1.82, 2.24) is 0 Å². The lowest BCUT2D eigenvalue weighted by Gasteiger charge is -2.27. The second-order valence-electron chi connectivity index (χ2n) is 3.73. The van der Waals surface area contributed by atoms with Gasteiger partial charge in [0.1, 0.15) is 5.82 Å². The van der Waals surface area contributed by atoms with Crippen LogP contribution in [0.4, 0.5) is 4.39 Å². The molecule has 1 rings (SSSR count). The molecule has 0 aliphatic carbocycles. The summed E-state index contributed by atoms with van der Waals surface area (Å²) < 4.78 is 13.2. The van der Waals surface area contributed by atoms with E-state index in [-0.39, 0.29) is 18.6 Å². The first-order valence-electron chi connectivity index (χ1n) is 4.76. The molecule has 1 aromatic carbocycles. The predicted molar refractivity (Wildman–Crippen MR) is 53.5 cm³/mol. The van der Waals surface area contributed by atoms with E-state index in [4.69, 9.17) is 5.11 Å². The maximum Gasteiger partial charge on any atom is 0.171 e. The highest BCUT2D eigenvalue weighted by molar-refractivity contribution is 5.18. The fraction of sp³-hybridized carbons (Fsp3) is 0.455. The van der Waals surface area contributed by atoms with Crippen LogP contribution in [0.15, 0.2) is 24.3 Å². The molecule has 0 spiro atoms. The fourth-order valence-corrected chi connectivity index (χ4v) is 1.24. The Labute approximate surface area is 87.8 Å². The highest BCUT2D eigenvalue weighted by atomic mass is 19.1. The molecule has 4 heteroatoms. The van der Waals surface area contributed by atoms with Crippen molar-refractivity contribution >= 4 is 0 Å². The van der Waals surface area contributed by atoms with Gasteiger partial charge in [-0.2, -0.15) is 0 Å². The number of hydrogen-bond acceptors (Lipinski definition) is 3. The van der Waals surface area contributed by atoms with Gasteiger partial charge >= 0.3 is 0 Å². The molecular weight excluding hydrogens is 199 g/mol. The van der Waals surface area contributed by atoms with Crippen LogP contribution in [0.3, 0.4) is 0 Å². The summed E-state index contributed by atoms with van der Waals surface area (Å²) in [5, 5.41) is 28.0. The molecule has 0 amide bonds.